The molecule has 0 radical (unpaired) electrons. The van der Waals surface area contributed by atoms with Crippen molar-refractivity contribution < 1.29 is 30.9 Å². The number of rotatable bonds is 6. The van der Waals surface area contributed by atoms with Crippen molar-refractivity contribution in [1.82, 2.24) is 19.1 Å². The van der Waals surface area contributed by atoms with Gasteiger partial charge in [0.1, 0.15) is 0 Å². The molecule has 0 fully saturated rings. The molecule has 108 valence electrons. The molecule has 1 aromatic rings. The van der Waals surface area contributed by atoms with Crippen molar-refractivity contribution in [1.29, 1.82) is 0 Å². The Morgan fingerprint density at radius 3 is 1.84 bits per heavy atom. The monoisotopic (exact) mass is 315 g/mol. The second-order valence-corrected chi connectivity index (χ2v) is 5.62. The van der Waals surface area contributed by atoms with E-state index in [1.807, 2.05) is 0 Å². The minimum atomic E-state index is -4.97. The van der Waals surface area contributed by atoms with E-state index in [0.717, 1.165) is 4.13 Å². The maximum atomic E-state index is 11.3. The smallest absolute Gasteiger partial charge is 0.348 e. The average Bonchev–Trinajstić information content (AvgIpc) is 2.24. The molecular weight excluding hydrogens is 306 g/mol. The molecule has 0 aliphatic heterocycles. The van der Waals surface area contributed by atoms with Crippen LogP contribution in [0.4, 0.5) is 5.95 Å². The predicted octanol–water partition coefficient (Wildman–Crippen LogP) is -2.06. The Labute approximate surface area is 108 Å². The minimum absolute atomic E-state index is 0.267. The lowest BCUT2D eigenvalue weighted by molar-refractivity contribution is 0.341. The highest BCUT2D eigenvalue weighted by atomic mass is 32.3. The first-order valence-electron chi connectivity index (χ1n) is 4.28. The molecule has 1 heterocycles. The van der Waals surface area contributed by atoms with Crippen LogP contribution in [0.3, 0.4) is 0 Å². The van der Waals surface area contributed by atoms with Crippen LogP contribution in [-0.2, 0) is 20.5 Å². The Morgan fingerprint density at radius 1 is 1.00 bits per heavy atom. The average molecular weight is 315 g/mol. The zero-order chi connectivity index (χ0) is 14.7. The number of nitrogens with zero attached hydrogens (tertiary/aromatic N) is 3. The van der Waals surface area contributed by atoms with Crippen molar-refractivity contribution in [3.05, 3.63) is 0 Å². The van der Waals surface area contributed by atoms with E-state index in [0.29, 0.717) is 0 Å². The van der Waals surface area contributed by atoms with E-state index in [9.17, 15) is 16.8 Å². The van der Waals surface area contributed by atoms with Gasteiger partial charge in [0.05, 0.1) is 14.2 Å². The van der Waals surface area contributed by atoms with Crippen LogP contribution in [0.5, 0.6) is 12.0 Å². The quantitative estimate of drug-likeness (QED) is 0.496. The summed E-state index contributed by atoms with van der Waals surface area (Å²) in [4.78, 5) is 10.6. The molecular formula is C5H9N5O7S2. The van der Waals surface area contributed by atoms with E-state index < -0.39 is 26.5 Å². The Balaban J connectivity index is 3.05. The zero-order valence-electron chi connectivity index (χ0n) is 9.55. The molecule has 14 heteroatoms. The van der Waals surface area contributed by atoms with Crippen molar-refractivity contribution in [2.24, 2.45) is 0 Å². The predicted molar refractivity (Wildman–Crippen MR) is 60.2 cm³/mol. The van der Waals surface area contributed by atoms with Gasteiger partial charge in [-0.3, -0.25) is 4.55 Å². The Hall–Kier alpha value is -1.77. The SMILES string of the molecule is COc1nc(NS(=O)(=O)NS(=O)(=O)O)nc(OC)n1. The molecule has 0 aromatic carbocycles. The van der Waals surface area contributed by atoms with E-state index in [1.54, 1.807) is 4.72 Å². The lowest BCUT2D eigenvalue weighted by Crippen LogP contribution is -2.35. The largest absolute Gasteiger partial charge is 0.467 e. The molecule has 19 heavy (non-hydrogen) atoms. The summed E-state index contributed by atoms with van der Waals surface area (Å²) in [6, 6.07) is -0.534. The molecule has 3 N–H and O–H groups in total. The maximum Gasteiger partial charge on any atom is 0.348 e. The molecule has 1 rings (SSSR count). The molecule has 0 saturated carbocycles. The van der Waals surface area contributed by atoms with E-state index >= 15 is 0 Å². The molecule has 0 aliphatic rings. The van der Waals surface area contributed by atoms with E-state index in [2.05, 4.69) is 24.4 Å². The summed E-state index contributed by atoms with van der Waals surface area (Å²) < 4.78 is 63.6. The second kappa shape index (κ2) is 5.47. The number of ether oxygens (including phenoxy) is 2. The van der Waals surface area contributed by atoms with Gasteiger partial charge in [-0.15, -0.1) is 4.98 Å². The van der Waals surface area contributed by atoms with Crippen molar-refractivity contribution in [2.45, 2.75) is 0 Å². The molecule has 0 atom stereocenters. The van der Waals surface area contributed by atoms with Crippen molar-refractivity contribution in [3.63, 3.8) is 0 Å². The Bertz CT molecular complexity index is 634. The number of anilines is 1. The van der Waals surface area contributed by atoms with Gasteiger partial charge >= 0.3 is 32.5 Å². The molecule has 0 amide bonds. The van der Waals surface area contributed by atoms with Crippen LogP contribution in [0.25, 0.3) is 0 Å². The van der Waals surface area contributed by atoms with Crippen LogP contribution in [0, 0.1) is 0 Å². The van der Waals surface area contributed by atoms with Crippen LogP contribution in [-0.4, -0.2) is 50.6 Å². The third-order valence-corrected chi connectivity index (χ3v) is 3.57. The van der Waals surface area contributed by atoms with Crippen molar-refractivity contribution in [3.8, 4) is 12.0 Å². The first-order valence-corrected chi connectivity index (χ1v) is 7.20. The fraction of sp³-hybridized carbons (Fsp3) is 0.400. The van der Waals surface area contributed by atoms with Gasteiger partial charge in [0.25, 0.3) is 0 Å². The molecule has 12 nitrogen and oxygen atoms in total. The molecule has 0 spiro atoms. The third-order valence-electron chi connectivity index (χ3n) is 1.40. The second-order valence-electron chi connectivity index (χ2n) is 2.80. The summed E-state index contributed by atoms with van der Waals surface area (Å²) in [6.45, 7) is 0. The van der Waals surface area contributed by atoms with Crippen molar-refractivity contribution >= 4 is 26.5 Å². The van der Waals surface area contributed by atoms with Crippen LogP contribution in [0.1, 0.15) is 0 Å². The molecule has 0 saturated heterocycles. The number of methoxy groups -OCH3 is 2. The van der Waals surface area contributed by atoms with Gasteiger partial charge in [0, 0.05) is 0 Å². The summed E-state index contributed by atoms with van der Waals surface area (Å²) in [6.07, 6.45) is 0. The van der Waals surface area contributed by atoms with Crippen molar-refractivity contribution in [2.75, 3.05) is 18.9 Å². The fourth-order valence-electron chi connectivity index (χ4n) is 0.846. The Kier molecular flexibility index (Phi) is 4.40. The van der Waals surface area contributed by atoms with Crippen LogP contribution in [0.15, 0.2) is 0 Å². The van der Waals surface area contributed by atoms with Crippen LogP contribution >= 0.6 is 0 Å². The highest BCUT2D eigenvalue weighted by molar-refractivity contribution is 8.03. The number of hydrogen-bond acceptors (Lipinski definition) is 9. The first kappa shape index (κ1) is 15.3. The number of nitrogens with one attached hydrogen (secondary N) is 2. The Morgan fingerprint density at radius 2 is 1.47 bits per heavy atom. The topological polar surface area (TPSA) is 170 Å². The first-order chi connectivity index (χ1) is 8.65. The van der Waals surface area contributed by atoms with E-state index in [4.69, 9.17) is 4.55 Å². The molecule has 0 unspecified atom stereocenters. The number of aromatic nitrogens is 3. The van der Waals surface area contributed by atoms with Gasteiger partial charge in [-0.05, 0) is 0 Å². The normalized spacial score (nSPS) is 11.9. The lowest BCUT2D eigenvalue weighted by atomic mass is 10.9. The molecule has 0 bridgehead atoms. The summed E-state index contributed by atoms with van der Waals surface area (Å²) in [5.74, 6) is -0.570. The van der Waals surface area contributed by atoms with Gasteiger partial charge in [0.2, 0.25) is 5.95 Å². The lowest BCUT2D eigenvalue weighted by Gasteiger charge is -2.07. The van der Waals surface area contributed by atoms with Gasteiger partial charge < -0.3 is 9.47 Å². The van der Waals surface area contributed by atoms with Crippen LogP contribution < -0.4 is 18.3 Å². The van der Waals surface area contributed by atoms with Gasteiger partial charge in [0.15, 0.2) is 0 Å². The van der Waals surface area contributed by atoms with Gasteiger partial charge in [-0.1, -0.05) is 4.13 Å². The van der Waals surface area contributed by atoms with Crippen LogP contribution in [0.2, 0.25) is 0 Å². The number of hydrogen-bond donors (Lipinski definition) is 3. The summed E-state index contributed by atoms with van der Waals surface area (Å²) in [5.41, 5.74) is 0. The molecule has 1 aromatic heterocycles. The summed E-state index contributed by atoms with van der Waals surface area (Å²) in [5, 5.41) is 0. The van der Waals surface area contributed by atoms with E-state index in [-0.39, 0.29) is 12.0 Å². The summed E-state index contributed by atoms with van der Waals surface area (Å²) in [7, 11) is -7.19. The van der Waals surface area contributed by atoms with E-state index in [1.165, 1.54) is 14.2 Å². The highest BCUT2D eigenvalue weighted by Gasteiger charge is 2.20. The highest BCUT2D eigenvalue weighted by Crippen LogP contribution is 2.12. The standard InChI is InChI=1S/C5H9N5O7S2/c1-16-4-6-3(7-5(8-4)17-2)9-18(11,12)10-19(13,14)15/h10H,1-2H3,(H,13,14,15)(H,6,7,8,9). The molecule has 0 aliphatic carbocycles. The van der Waals surface area contributed by atoms with Gasteiger partial charge in [-0.2, -0.15) is 26.8 Å². The maximum absolute atomic E-state index is 11.3. The zero-order valence-corrected chi connectivity index (χ0v) is 11.2. The summed E-state index contributed by atoms with van der Waals surface area (Å²) >= 11 is 0. The fourth-order valence-corrected chi connectivity index (χ4v) is 2.45. The van der Waals surface area contributed by atoms with Gasteiger partial charge in [-0.25, -0.2) is 4.72 Å². The third kappa shape index (κ3) is 5.16. The minimum Gasteiger partial charge on any atom is -0.467 e.